The van der Waals surface area contributed by atoms with Gasteiger partial charge in [0, 0.05) is 10.2 Å². The van der Waals surface area contributed by atoms with Crippen molar-refractivity contribution in [2.45, 2.75) is 19.0 Å². The van der Waals surface area contributed by atoms with Crippen LogP contribution < -0.4 is 5.32 Å². The first-order chi connectivity index (χ1) is 15.4. The standard InChI is InChI=1S/C24H21BrN4O2S/c1-15-12-19(25)20(13-16(15)2)26-22(31)14-32-24-28-27-23(18-10-6-7-11-21(18)30)29(24)17-8-4-3-5-9-17/h3-13,30H,14H2,1-2H3,(H,26,31). The topological polar surface area (TPSA) is 80.0 Å². The van der Waals surface area contributed by atoms with Gasteiger partial charge in [-0.1, -0.05) is 42.1 Å². The zero-order chi connectivity index (χ0) is 22.7. The Labute approximate surface area is 198 Å². The first-order valence-electron chi connectivity index (χ1n) is 9.92. The molecule has 0 atom stereocenters. The summed E-state index contributed by atoms with van der Waals surface area (Å²) in [5.41, 5.74) is 4.40. The molecule has 0 saturated heterocycles. The highest BCUT2D eigenvalue weighted by atomic mass is 79.9. The number of amides is 1. The SMILES string of the molecule is Cc1cc(Br)c(NC(=O)CSc2nnc(-c3ccccc3O)n2-c2ccccc2)cc1C. The van der Waals surface area contributed by atoms with Crippen LogP contribution in [0.1, 0.15) is 11.1 Å². The molecule has 0 spiro atoms. The zero-order valence-corrected chi connectivity index (χ0v) is 19.9. The van der Waals surface area contributed by atoms with E-state index in [9.17, 15) is 9.90 Å². The van der Waals surface area contributed by atoms with Gasteiger partial charge in [-0.15, -0.1) is 10.2 Å². The molecule has 4 rings (SSSR count). The summed E-state index contributed by atoms with van der Waals surface area (Å²) in [7, 11) is 0. The Morgan fingerprint density at radius 1 is 1.03 bits per heavy atom. The molecule has 0 fully saturated rings. The summed E-state index contributed by atoms with van der Waals surface area (Å²) in [6, 6.07) is 20.6. The molecule has 8 heteroatoms. The number of nitrogens with zero attached hydrogens (tertiary/aromatic N) is 3. The summed E-state index contributed by atoms with van der Waals surface area (Å²) in [6.07, 6.45) is 0. The Bertz CT molecular complexity index is 1270. The second-order valence-corrected chi connectivity index (χ2v) is 9.04. The van der Waals surface area contributed by atoms with E-state index in [1.807, 2.05) is 66.9 Å². The first-order valence-corrected chi connectivity index (χ1v) is 11.7. The number of thioether (sulfide) groups is 1. The van der Waals surface area contributed by atoms with Crippen LogP contribution in [0.3, 0.4) is 0 Å². The predicted molar refractivity (Wildman–Crippen MR) is 131 cm³/mol. The number of anilines is 1. The van der Waals surface area contributed by atoms with Gasteiger partial charge in [-0.3, -0.25) is 9.36 Å². The van der Waals surface area contributed by atoms with Gasteiger partial charge in [-0.2, -0.15) is 0 Å². The second-order valence-electron chi connectivity index (χ2n) is 7.25. The van der Waals surface area contributed by atoms with E-state index in [-0.39, 0.29) is 17.4 Å². The molecule has 3 aromatic carbocycles. The van der Waals surface area contributed by atoms with E-state index >= 15 is 0 Å². The number of halogens is 1. The summed E-state index contributed by atoms with van der Waals surface area (Å²) in [5, 5.41) is 22.5. The van der Waals surface area contributed by atoms with E-state index in [2.05, 4.69) is 31.4 Å². The van der Waals surface area contributed by atoms with Crippen LogP contribution in [0.2, 0.25) is 0 Å². The molecule has 0 bridgehead atoms. The molecule has 32 heavy (non-hydrogen) atoms. The number of hydrogen-bond acceptors (Lipinski definition) is 5. The lowest BCUT2D eigenvalue weighted by Crippen LogP contribution is -2.15. The van der Waals surface area contributed by atoms with Crippen molar-refractivity contribution in [2.24, 2.45) is 0 Å². The van der Waals surface area contributed by atoms with Gasteiger partial charge >= 0.3 is 0 Å². The number of benzene rings is 3. The van der Waals surface area contributed by atoms with Crippen molar-refractivity contribution in [3.63, 3.8) is 0 Å². The maximum Gasteiger partial charge on any atom is 0.234 e. The number of para-hydroxylation sites is 2. The summed E-state index contributed by atoms with van der Waals surface area (Å²) >= 11 is 4.80. The highest BCUT2D eigenvalue weighted by Crippen LogP contribution is 2.33. The molecule has 1 amide bonds. The minimum absolute atomic E-state index is 0.117. The number of aromatic nitrogens is 3. The van der Waals surface area contributed by atoms with E-state index in [4.69, 9.17) is 0 Å². The summed E-state index contributed by atoms with van der Waals surface area (Å²) in [4.78, 5) is 12.7. The molecule has 4 aromatic rings. The molecule has 0 aliphatic carbocycles. The number of phenolic OH excluding ortho intramolecular Hbond substituents is 1. The lowest BCUT2D eigenvalue weighted by atomic mass is 10.1. The van der Waals surface area contributed by atoms with Crippen LogP contribution in [-0.4, -0.2) is 31.5 Å². The van der Waals surface area contributed by atoms with Gasteiger partial charge in [0.2, 0.25) is 5.91 Å². The van der Waals surface area contributed by atoms with E-state index in [0.29, 0.717) is 16.5 Å². The summed E-state index contributed by atoms with van der Waals surface area (Å²) in [5.74, 6) is 0.635. The van der Waals surface area contributed by atoms with Gasteiger partial charge in [0.05, 0.1) is 17.0 Å². The fourth-order valence-corrected chi connectivity index (χ4v) is 4.51. The average molecular weight is 509 g/mol. The Balaban J connectivity index is 1.60. The maximum atomic E-state index is 12.7. The molecule has 162 valence electrons. The van der Waals surface area contributed by atoms with Crippen molar-refractivity contribution in [2.75, 3.05) is 11.1 Å². The largest absolute Gasteiger partial charge is 0.507 e. The van der Waals surface area contributed by atoms with Crippen molar-refractivity contribution < 1.29 is 9.90 Å². The van der Waals surface area contributed by atoms with Gasteiger partial charge in [0.25, 0.3) is 0 Å². The highest BCUT2D eigenvalue weighted by Gasteiger charge is 2.19. The second kappa shape index (κ2) is 9.58. The van der Waals surface area contributed by atoms with Crippen LogP contribution in [0.25, 0.3) is 17.1 Å². The molecule has 0 saturated carbocycles. The van der Waals surface area contributed by atoms with Gasteiger partial charge in [0.15, 0.2) is 11.0 Å². The van der Waals surface area contributed by atoms with Gasteiger partial charge in [-0.25, -0.2) is 0 Å². The van der Waals surface area contributed by atoms with Crippen molar-refractivity contribution in [1.29, 1.82) is 0 Å². The van der Waals surface area contributed by atoms with E-state index in [1.165, 1.54) is 11.8 Å². The Hall–Kier alpha value is -3.10. The summed E-state index contributed by atoms with van der Waals surface area (Å²) in [6.45, 7) is 4.04. The molecule has 6 nitrogen and oxygen atoms in total. The molecule has 1 heterocycles. The number of hydrogen-bond donors (Lipinski definition) is 2. The normalized spacial score (nSPS) is 10.8. The first kappa shape index (κ1) is 22.1. The minimum atomic E-state index is -0.148. The van der Waals surface area contributed by atoms with Gasteiger partial charge in [0.1, 0.15) is 5.75 Å². The molecule has 0 radical (unpaired) electrons. The smallest absolute Gasteiger partial charge is 0.234 e. The third kappa shape index (κ3) is 4.71. The molecule has 1 aromatic heterocycles. The van der Waals surface area contributed by atoms with Gasteiger partial charge in [-0.05, 0) is 77.3 Å². The Morgan fingerprint density at radius 3 is 2.47 bits per heavy atom. The monoisotopic (exact) mass is 508 g/mol. The Morgan fingerprint density at radius 2 is 1.72 bits per heavy atom. The fourth-order valence-electron chi connectivity index (χ4n) is 3.20. The van der Waals surface area contributed by atoms with Crippen molar-refractivity contribution >= 4 is 39.3 Å². The number of phenols is 1. The van der Waals surface area contributed by atoms with Crippen molar-refractivity contribution in [3.8, 4) is 22.8 Å². The fraction of sp³-hybridized carbons (Fsp3) is 0.125. The predicted octanol–water partition coefficient (Wildman–Crippen LogP) is 5.75. The van der Waals surface area contributed by atoms with E-state index in [1.54, 1.807) is 18.2 Å². The third-order valence-corrected chi connectivity index (χ3v) is 6.57. The lowest BCUT2D eigenvalue weighted by Gasteiger charge is -2.12. The van der Waals surface area contributed by atoms with Crippen LogP contribution in [-0.2, 0) is 4.79 Å². The van der Waals surface area contributed by atoms with Crippen LogP contribution in [0.5, 0.6) is 5.75 Å². The van der Waals surface area contributed by atoms with E-state index in [0.717, 1.165) is 27.0 Å². The zero-order valence-electron chi connectivity index (χ0n) is 17.5. The van der Waals surface area contributed by atoms with Crippen LogP contribution in [0, 0.1) is 13.8 Å². The quantitative estimate of drug-likeness (QED) is 0.324. The van der Waals surface area contributed by atoms with E-state index < -0.39 is 0 Å². The molecule has 0 unspecified atom stereocenters. The van der Waals surface area contributed by atoms with Crippen molar-refractivity contribution in [1.82, 2.24) is 14.8 Å². The number of aromatic hydroxyl groups is 1. The maximum absolute atomic E-state index is 12.7. The number of carbonyl (C=O) groups is 1. The molecule has 0 aliphatic rings. The molecule has 2 N–H and O–H groups in total. The molecule has 0 aliphatic heterocycles. The minimum Gasteiger partial charge on any atom is -0.507 e. The lowest BCUT2D eigenvalue weighted by molar-refractivity contribution is -0.113. The van der Waals surface area contributed by atoms with Crippen LogP contribution in [0.4, 0.5) is 5.69 Å². The number of rotatable bonds is 6. The number of carbonyl (C=O) groups excluding carboxylic acids is 1. The van der Waals surface area contributed by atoms with Gasteiger partial charge < -0.3 is 10.4 Å². The van der Waals surface area contributed by atoms with Crippen molar-refractivity contribution in [3.05, 3.63) is 82.3 Å². The number of nitrogens with one attached hydrogen (secondary N) is 1. The van der Waals surface area contributed by atoms with Crippen LogP contribution >= 0.6 is 27.7 Å². The van der Waals surface area contributed by atoms with Crippen LogP contribution in [0.15, 0.2) is 76.4 Å². The molecular weight excluding hydrogens is 488 g/mol. The highest BCUT2D eigenvalue weighted by molar-refractivity contribution is 9.10. The summed E-state index contributed by atoms with van der Waals surface area (Å²) < 4.78 is 2.69. The number of aryl methyl sites for hydroxylation is 2. The molecular formula is C24H21BrN4O2S. The third-order valence-electron chi connectivity index (χ3n) is 4.98. The Kier molecular flexibility index (Phi) is 6.62. The average Bonchev–Trinajstić information content (AvgIpc) is 3.20.